The Balaban J connectivity index is 3.93. The molecule has 17 heavy (non-hydrogen) atoms. The lowest BCUT2D eigenvalue weighted by atomic mass is 10.1. The van der Waals surface area contributed by atoms with Crippen LogP contribution in [0.2, 0.25) is 0 Å². The van der Waals surface area contributed by atoms with Crippen molar-refractivity contribution in [1.82, 2.24) is 15.7 Å². The quantitative estimate of drug-likeness (QED) is 0.514. The summed E-state index contributed by atoms with van der Waals surface area (Å²) in [4.78, 5) is 23.1. The Hall–Kier alpha value is -0.510. The maximum absolute atomic E-state index is 11.7. The summed E-state index contributed by atoms with van der Waals surface area (Å²) in [5, 5.41) is 8.72. The highest BCUT2D eigenvalue weighted by atomic mass is 31.0. The van der Waals surface area contributed by atoms with Crippen molar-refractivity contribution in [1.29, 1.82) is 0 Å². The van der Waals surface area contributed by atoms with Gasteiger partial charge in [-0.1, -0.05) is 30.2 Å². The van der Waals surface area contributed by atoms with Gasteiger partial charge in [0.2, 0.25) is 5.91 Å². The predicted molar refractivity (Wildman–Crippen MR) is 72.6 cm³/mol. The van der Waals surface area contributed by atoms with Crippen molar-refractivity contribution in [3.8, 4) is 0 Å². The maximum Gasteiger partial charge on any atom is 0.238 e. The summed E-state index contributed by atoms with van der Waals surface area (Å²) < 4.78 is 0. The number of Topliss-reactive ketones (excluding diaryl/α,β-unsaturated/α-hetero) is 1. The van der Waals surface area contributed by atoms with Gasteiger partial charge < -0.3 is 10.6 Å². The lowest BCUT2D eigenvalue weighted by molar-refractivity contribution is -0.123. The summed E-state index contributed by atoms with van der Waals surface area (Å²) in [6, 6.07) is -0.258. The van der Waals surface area contributed by atoms with E-state index in [1.165, 1.54) is 0 Å². The molecule has 0 aliphatic heterocycles. The van der Waals surface area contributed by atoms with Crippen LogP contribution in [0.25, 0.3) is 0 Å². The lowest BCUT2D eigenvalue weighted by Gasteiger charge is -2.17. The molecule has 0 saturated carbocycles. The number of nitrogens with one attached hydrogen (secondary N) is 3. The summed E-state index contributed by atoms with van der Waals surface area (Å²) in [5.41, 5.74) is 0. The average Bonchev–Trinajstić information content (AvgIpc) is 2.28. The van der Waals surface area contributed by atoms with Crippen LogP contribution in [0.15, 0.2) is 0 Å². The van der Waals surface area contributed by atoms with Crippen LogP contribution in [0.3, 0.4) is 0 Å². The molecule has 0 bridgehead atoms. The summed E-state index contributed by atoms with van der Waals surface area (Å²) in [7, 11) is 2.37. The second kappa shape index (κ2) is 9.51. The predicted octanol–water partition coefficient (Wildman–Crippen LogP) is 0.0756. The number of carbonyl (C=O) groups excluding carboxylic acids is 2. The number of amides is 1. The van der Waals surface area contributed by atoms with Gasteiger partial charge in [-0.25, -0.2) is 0 Å². The highest BCUT2D eigenvalue weighted by Gasteiger charge is 2.16. The monoisotopic (exact) mass is 261 g/mol. The molecule has 0 rings (SSSR count). The number of carbonyl (C=O) groups is 2. The number of rotatable bonds is 9. The van der Waals surface area contributed by atoms with Gasteiger partial charge in [-0.15, -0.1) is 0 Å². The fourth-order valence-electron chi connectivity index (χ4n) is 1.34. The minimum atomic E-state index is -0.258. The SMILES string of the molecule is CCNC(CNP)C(=O)NCCC(=O)C(C)C. The van der Waals surface area contributed by atoms with E-state index in [4.69, 9.17) is 0 Å². The minimum absolute atomic E-state index is 0.0326. The highest BCUT2D eigenvalue weighted by Crippen LogP contribution is 1.97. The van der Waals surface area contributed by atoms with Crippen LogP contribution < -0.4 is 15.7 Å². The first-order chi connectivity index (χ1) is 8.02. The van der Waals surface area contributed by atoms with Gasteiger partial charge in [-0.05, 0) is 6.54 Å². The molecule has 6 heteroatoms. The lowest BCUT2D eigenvalue weighted by Crippen LogP contribution is -2.48. The summed E-state index contributed by atoms with van der Waals surface area (Å²) >= 11 is 0. The standard InChI is InChI=1S/C11H24N3O2P/c1-4-12-9(7-14-17)11(16)13-6-5-10(15)8(2)3/h8-9,12,14H,4-7,17H2,1-3H3,(H,13,16). The Kier molecular flexibility index (Phi) is 9.23. The molecule has 2 atom stereocenters. The Bertz CT molecular complexity index is 241. The number of hydrogen-bond acceptors (Lipinski definition) is 4. The van der Waals surface area contributed by atoms with Crippen molar-refractivity contribution in [2.45, 2.75) is 33.2 Å². The van der Waals surface area contributed by atoms with Gasteiger partial charge in [-0.3, -0.25) is 14.7 Å². The molecular weight excluding hydrogens is 237 g/mol. The number of hydrogen-bond donors (Lipinski definition) is 3. The summed E-state index contributed by atoms with van der Waals surface area (Å²) in [5.74, 6) is 0.137. The topological polar surface area (TPSA) is 70.2 Å². The highest BCUT2D eigenvalue weighted by molar-refractivity contribution is 7.13. The van der Waals surface area contributed by atoms with E-state index in [0.717, 1.165) is 6.54 Å². The molecule has 0 spiro atoms. The van der Waals surface area contributed by atoms with E-state index in [1.807, 2.05) is 20.8 Å². The Morgan fingerprint density at radius 2 is 1.94 bits per heavy atom. The van der Waals surface area contributed by atoms with Crippen LogP contribution in [-0.2, 0) is 9.59 Å². The van der Waals surface area contributed by atoms with E-state index in [2.05, 4.69) is 25.1 Å². The van der Waals surface area contributed by atoms with Gasteiger partial charge in [0.15, 0.2) is 0 Å². The van der Waals surface area contributed by atoms with Crippen molar-refractivity contribution < 1.29 is 9.59 Å². The third kappa shape index (κ3) is 7.42. The van der Waals surface area contributed by atoms with Crippen LogP contribution in [-0.4, -0.2) is 37.4 Å². The van der Waals surface area contributed by atoms with E-state index in [0.29, 0.717) is 19.5 Å². The summed E-state index contributed by atoms with van der Waals surface area (Å²) in [6.07, 6.45) is 0.399. The zero-order chi connectivity index (χ0) is 13.3. The van der Waals surface area contributed by atoms with E-state index in [-0.39, 0.29) is 23.7 Å². The fourth-order valence-corrected chi connectivity index (χ4v) is 1.58. The van der Waals surface area contributed by atoms with Gasteiger partial charge in [0.1, 0.15) is 5.78 Å². The molecule has 1 amide bonds. The molecule has 100 valence electrons. The van der Waals surface area contributed by atoms with Crippen LogP contribution in [0.1, 0.15) is 27.2 Å². The van der Waals surface area contributed by atoms with Gasteiger partial charge in [0.05, 0.1) is 6.04 Å². The molecule has 3 N–H and O–H groups in total. The van der Waals surface area contributed by atoms with Gasteiger partial charge in [0.25, 0.3) is 0 Å². The minimum Gasteiger partial charge on any atom is -0.354 e. The van der Waals surface area contributed by atoms with E-state index in [1.54, 1.807) is 0 Å². The molecule has 5 nitrogen and oxygen atoms in total. The second-order valence-corrected chi connectivity index (χ2v) is 4.59. The molecule has 0 aromatic carbocycles. The Labute approximate surface area is 106 Å². The molecule has 0 aromatic rings. The smallest absolute Gasteiger partial charge is 0.238 e. The van der Waals surface area contributed by atoms with Crippen molar-refractivity contribution in [2.75, 3.05) is 19.6 Å². The van der Waals surface area contributed by atoms with E-state index >= 15 is 0 Å². The Morgan fingerprint density at radius 1 is 1.29 bits per heavy atom. The van der Waals surface area contributed by atoms with Crippen LogP contribution in [0.4, 0.5) is 0 Å². The Morgan fingerprint density at radius 3 is 2.41 bits per heavy atom. The molecule has 0 fully saturated rings. The third-order valence-corrected chi connectivity index (χ3v) is 2.64. The van der Waals surface area contributed by atoms with E-state index < -0.39 is 0 Å². The van der Waals surface area contributed by atoms with Crippen LogP contribution in [0, 0.1) is 5.92 Å². The number of ketones is 1. The second-order valence-electron chi connectivity index (χ2n) is 4.18. The number of likely N-dealkylation sites (N-methyl/N-ethyl adjacent to an activating group) is 1. The zero-order valence-electron chi connectivity index (χ0n) is 10.9. The third-order valence-electron chi connectivity index (χ3n) is 2.40. The van der Waals surface area contributed by atoms with Crippen molar-refractivity contribution in [2.24, 2.45) is 5.92 Å². The zero-order valence-corrected chi connectivity index (χ0v) is 12.0. The molecule has 0 radical (unpaired) electrons. The van der Waals surface area contributed by atoms with Crippen molar-refractivity contribution >= 4 is 21.1 Å². The molecule has 0 aliphatic carbocycles. The fraction of sp³-hybridized carbons (Fsp3) is 0.818. The van der Waals surface area contributed by atoms with Gasteiger partial charge in [-0.2, -0.15) is 0 Å². The van der Waals surface area contributed by atoms with Crippen LogP contribution in [0.5, 0.6) is 0 Å². The van der Waals surface area contributed by atoms with Crippen molar-refractivity contribution in [3.63, 3.8) is 0 Å². The first-order valence-corrected chi connectivity index (χ1v) is 6.57. The molecular formula is C11H24N3O2P. The molecule has 0 aromatic heterocycles. The van der Waals surface area contributed by atoms with E-state index in [9.17, 15) is 9.59 Å². The first kappa shape index (κ1) is 16.5. The van der Waals surface area contributed by atoms with Crippen molar-refractivity contribution in [3.05, 3.63) is 0 Å². The van der Waals surface area contributed by atoms with Gasteiger partial charge in [0, 0.05) is 25.4 Å². The molecule has 0 saturated heterocycles. The summed E-state index contributed by atoms with van der Waals surface area (Å²) in [6.45, 7) is 7.37. The largest absolute Gasteiger partial charge is 0.354 e. The molecule has 0 heterocycles. The van der Waals surface area contributed by atoms with Crippen LogP contribution >= 0.6 is 9.39 Å². The normalized spacial score (nSPS) is 12.5. The first-order valence-electron chi connectivity index (χ1n) is 6.00. The maximum atomic E-state index is 11.7. The molecule has 0 aliphatic rings. The molecule has 2 unspecified atom stereocenters. The van der Waals surface area contributed by atoms with Gasteiger partial charge >= 0.3 is 0 Å². The average molecular weight is 261 g/mol.